The Bertz CT molecular complexity index is 650. The SMILES string of the molecule is CC1(C)C[C@H](C(=O)NCCSc2nc3ccccc3o2)CCO1. The second-order valence-electron chi connectivity index (χ2n) is 6.38. The highest BCUT2D eigenvalue weighted by Crippen LogP contribution is 2.28. The van der Waals surface area contributed by atoms with Gasteiger partial charge in [0.25, 0.3) is 5.22 Å². The molecule has 0 saturated carbocycles. The van der Waals surface area contributed by atoms with Crippen molar-refractivity contribution >= 4 is 28.8 Å². The first-order valence-corrected chi connectivity index (χ1v) is 8.92. The lowest BCUT2D eigenvalue weighted by Gasteiger charge is -2.34. The molecule has 2 heterocycles. The van der Waals surface area contributed by atoms with Crippen LogP contribution in [-0.4, -0.2) is 35.4 Å². The van der Waals surface area contributed by atoms with Crippen LogP contribution in [0, 0.1) is 5.92 Å². The molecule has 0 aliphatic carbocycles. The van der Waals surface area contributed by atoms with Crippen LogP contribution in [0.15, 0.2) is 33.9 Å². The number of para-hydroxylation sites is 2. The molecule has 0 radical (unpaired) electrons. The van der Waals surface area contributed by atoms with Gasteiger partial charge in [-0.2, -0.15) is 0 Å². The van der Waals surface area contributed by atoms with E-state index < -0.39 is 0 Å². The average Bonchev–Trinajstić information content (AvgIpc) is 2.93. The Kier molecular flexibility index (Phi) is 4.92. The smallest absolute Gasteiger partial charge is 0.256 e. The van der Waals surface area contributed by atoms with Crippen molar-refractivity contribution in [2.24, 2.45) is 5.92 Å². The van der Waals surface area contributed by atoms with E-state index in [4.69, 9.17) is 9.15 Å². The fourth-order valence-corrected chi connectivity index (χ4v) is 3.52. The van der Waals surface area contributed by atoms with Gasteiger partial charge in [-0.3, -0.25) is 4.79 Å². The zero-order valence-corrected chi connectivity index (χ0v) is 14.3. The fraction of sp³-hybridized carbons (Fsp3) is 0.529. The molecule has 2 aromatic rings. The van der Waals surface area contributed by atoms with E-state index in [0.717, 1.165) is 29.7 Å². The van der Waals surface area contributed by atoms with Crippen LogP contribution in [0.1, 0.15) is 26.7 Å². The van der Waals surface area contributed by atoms with Gasteiger partial charge in [0, 0.05) is 24.8 Å². The zero-order chi connectivity index (χ0) is 16.3. The van der Waals surface area contributed by atoms with Crippen LogP contribution in [0.4, 0.5) is 0 Å². The first-order valence-electron chi connectivity index (χ1n) is 7.93. The topological polar surface area (TPSA) is 64.4 Å². The van der Waals surface area contributed by atoms with E-state index in [-0.39, 0.29) is 17.4 Å². The van der Waals surface area contributed by atoms with Crippen molar-refractivity contribution in [3.63, 3.8) is 0 Å². The van der Waals surface area contributed by atoms with E-state index in [1.807, 2.05) is 38.1 Å². The number of benzene rings is 1. The maximum absolute atomic E-state index is 12.2. The van der Waals surface area contributed by atoms with E-state index in [9.17, 15) is 4.79 Å². The molecule has 0 spiro atoms. The molecule has 1 N–H and O–H groups in total. The minimum Gasteiger partial charge on any atom is -0.431 e. The first-order chi connectivity index (χ1) is 11.0. The largest absolute Gasteiger partial charge is 0.431 e. The first kappa shape index (κ1) is 16.3. The van der Waals surface area contributed by atoms with E-state index in [2.05, 4.69) is 10.3 Å². The molecule has 1 aromatic heterocycles. The molecular weight excluding hydrogens is 312 g/mol. The number of rotatable bonds is 5. The number of aromatic nitrogens is 1. The normalized spacial score (nSPS) is 20.5. The molecule has 1 fully saturated rings. The van der Waals surface area contributed by atoms with Crippen molar-refractivity contribution in [3.8, 4) is 0 Å². The van der Waals surface area contributed by atoms with E-state index in [1.54, 1.807) is 0 Å². The van der Waals surface area contributed by atoms with E-state index >= 15 is 0 Å². The number of nitrogens with one attached hydrogen (secondary N) is 1. The van der Waals surface area contributed by atoms with Gasteiger partial charge in [0.05, 0.1) is 5.60 Å². The highest BCUT2D eigenvalue weighted by atomic mass is 32.2. The van der Waals surface area contributed by atoms with Gasteiger partial charge in [-0.25, -0.2) is 4.98 Å². The number of carbonyl (C=O) groups is 1. The lowest BCUT2D eigenvalue weighted by atomic mass is 9.88. The summed E-state index contributed by atoms with van der Waals surface area (Å²) in [6.45, 7) is 5.34. The van der Waals surface area contributed by atoms with Crippen LogP contribution in [0.25, 0.3) is 11.1 Å². The number of thioether (sulfide) groups is 1. The summed E-state index contributed by atoms with van der Waals surface area (Å²) in [4.78, 5) is 16.6. The summed E-state index contributed by atoms with van der Waals surface area (Å²) in [5, 5.41) is 3.66. The lowest BCUT2D eigenvalue weighted by molar-refractivity contribution is -0.135. The standard InChI is InChI=1S/C17H22N2O3S/c1-17(2)11-12(7-9-21-17)15(20)18-8-10-23-16-19-13-5-3-4-6-14(13)22-16/h3-6,12H,7-11H2,1-2H3,(H,18,20)/t12-/m1/s1. The summed E-state index contributed by atoms with van der Waals surface area (Å²) in [5.41, 5.74) is 1.46. The van der Waals surface area contributed by atoms with Crippen LogP contribution in [0.2, 0.25) is 0 Å². The number of oxazole rings is 1. The molecule has 1 atom stereocenters. The van der Waals surface area contributed by atoms with Gasteiger partial charge >= 0.3 is 0 Å². The van der Waals surface area contributed by atoms with Crippen molar-refractivity contribution in [1.29, 1.82) is 0 Å². The molecule has 23 heavy (non-hydrogen) atoms. The van der Waals surface area contributed by atoms with Crippen LogP contribution in [0.3, 0.4) is 0 Å². The van der Waals surface area contributed by atoms with Crippen molar-refractivity contribution < 1.29 is 13.9 Å². The van der Waals surface area contributed by atoms with E-state index in [0.29, 0.717) is 18.4 Å². The molecule has 1 aliphatic heterocycles. The number of amides is 1. The van der Waals surface area contributed by atoms with Gasteiger partial charge in [0.15, 0.2) is 5.58 Å². The summed E-state index contributed by atoms with van der Waals surface area (Å²) in [7, 11) is 0. The Morgan fingerprint density at radius 2 is 2.26 bits per heavy atom. The number of hydrogen-bond acceptors (Lipinski definition) is 5. The summed E-state index contributed by atoms with van der Waals surface area (Å²) in [6.07, 6.45) is 1.57. The quantitative estimate of drug-likeness (QED) is 0.672. The monoisotopic (exact) mass is 334 g/mol. The third-order valence-corrected chi connectivity index (χ3v) is 4.80. The van der Waals surface area contributed by atoms with Crippen LogP contribution >= 0.6 is 11.8 Å². The summed E-state index contributed by atoms with van der Waals surface area (Å²) in [6, 6.07) is 7.70. The molecule has 0 unspecified atom stereocenters. The maximum atomic E-state index is 12.2. The lowest BCUT2D eigenvalue weighted by Crippen LogP contribution is -2.41. The van der Waals surface area contributed by atoms with Gasteiger partial charge in [0.2, 0.25) is 5.91 Å². The van der Waals surface area contributed by atoms with Gasteiger partial charge in [-0.05, 0) is 38.8 Å². The molecule has 1 aromatic carbocycles. The molecule has 1 amide bonds. The molecular formula is C17H22N2O3S. The van der Waals surface area contributed by atoms with Crippen molar-refractivity contribution in [2.75, 3.05) is 18.9 Å². The molecule has 6 heteroatoms. The minimum atomic E-state index is -0.201. The Hall–Kier alpha value is -1.53. The van der Waals surface area contributed by atoms with Crippen molar-refractivity contribution in [2.45, 2.75) is 37.5 Å². The molecule has 124 valence electrons. The summed E-state index contributed by atoms with van der Waals surface area (Å²) in [5.74, 6) is 0.915. The summed E-state index contributed by atoms with van der Waals surface area (Å²) >= 11 is 1.52. The van der Waals surface area contributed by atoms with E-state index in [1.165, 1.54) is 11.8 Å². The maximum Gasteiger partial charge on any atom is 0.256 e. The third kappa shape index (κ3) is 4.26. The van der Waals surface area contributed by atoms with Crippen LogP contribution in [0.5, 0.6) is 0 Å². The summed E-state index contributed by atoms with van der Waals surface area (Å²) < 4.78 is 11.3. The number of hydrogen-bond donors (Lipinski definition) is 1. The second kappa shape index (κ2) is 6.93. The highest BCUT2D eigenvalue weighted by molar-refractivity contribution is 7.99. The van der Waals surface area contributed by atoms with Crippen molar-refractivity contribution in [1.82, 2.24) is 10.3 Å². The molecule has 1 aliphatic rings. The highest BCUT2D eigenvalue weighted by Gasteiger charge is 2.32. The average molecular weight is 334 g/mol. The molecule has 0 bridgehead atoms. The number of fused-ring (bicyclic) bond motifs is 1. The Morgan fingerprint density at radius 3 is 3.04 bits per heavy atom. The molecule has 5 nitrogen and oxygen atoms in total. The molecule has 1 saturated heterocycles. The Balaban J connectivity index is 1.43. The van der Waals surface area contributed by atoms with Gasteiger partial charge < -0.3 is 14.5 Å². The molecule has 3 rings (SSSR count). The Morgan fingerprint density at radius 1 is 1.43 bits per heavy atom. The van der Waals surface area contributed by atoms with Gasteiger partial charge in [-0.1, -0.05) is 23.9 Å². The fourth-order valence-electron chi connectivity index (χ4n) is 2.83. The zero-order valence-electron chi connectivity index (χ0n) is 13.5. The van der Waals surface area contributed by atoms with Gasteiger partial charge in [-0.15, -0.1) is 0 Å². The van der Waals surface area contributed by atoms with Crippen molar-refractivity contribution in [3.05, 3.63) is 24.3 Å². The van der Waals surface area contributed by atoms with Crippen LogP contribution < -0.4 is 5.32 Å². The third-order valence-electron chi connectivity index (χ3n) is 3.97. The second-order valence-corrected chi connectivity index (χ2v) is 7.43. The Labute approximate surface area is 140 Å². The minimum absolute atomic E-state index is 0.0491. The number of nitrogens with zero attached hydrogens (tertiary/aromatic N) is 1. The predicted octanol–water partition coefficient (Wildman–Crippen LogP) is 3.24. The number of carbonyl (C=O) groups excluding carboxylic acids is 1. The predicted molar refractivity (Wildman–Crippen MR) is 90.5 cm³/mol. The number of ether oxygens (including phenoxy) is 1. The van der Waals surface area contributed by atoms with Gasteiger partial charge in [0.1, 0.15) is 5.52 Å². The van der Waals surface area contributed by atoms with Crippen LogP contribution in [-0.2, 0) is 9.53 Å².